The predicted octanol–water partition coefficient (Wildman–Crippen LogP) is 2.65. The molecule has 0 fully saturated rings. The van der Waals surface area contributed by atoms with Crippen LogP contribution >= 0.6 is 0 Å². The van der Waals surface area contributed by atoms with Crippen LogP contribution in [0.15, 0.2) is 34.9 Å². The number of benzene rings is 1. The van der Waals surface area contributed by atoms with Crippen molar-refractivity contribution in [3.63, 3.8) is 0 Å². The number of hydrogen-bond acceptors (Lipinski definition) is 6. The van der Waals surface area contributed by atoms with Crippen molar-refractivity contribution in [1.29, 1.82) is 0 Å². The molecule has 8 nitrogen and oxygen atoms in total. The van der Waals surface area contributed by atoms with Gasteiger partial charge < -0.3 is 14.2 Å². The number of hydrogen-bond donors (Lipinski definition) is 1. The van der Waals surface area contributed by atoms with Gasteiger partial charge in [0, 0.05) is 13.1 Å². The van der Waals surface area contributed by atoms with Gasteiger partial charge in [-0.25, -0.2) is 4.39 Å². The van der Waals surface area contributed by atoms with Gasteiger partial charge in [-0.2, -0.15) is 10.1 Å². The zero-order valence-electron chi connectivity index (χ0n) is 14.6. The Labute approximate surface area is 149 Å². The lowest BCUT2D eigenvalue weighted by molar-refractivity contribution is 0.0710. The molecule has 1 aromatic carbocycles. The molecule has 0 bridgehead atoms. The molecule has 3 rings (SSSR count). The van der Waals surface area contributed by atoms with E-state index in [1.165, 1.54) is 17.0 Å². The Hall–Kier alpha value is -3.23. The number of H-pyrrole nitrogens is 1. The number of aromatic nitrogens is 4. The molecule has 2 heterocycles. The van der Waals surface area contributed by atoms with Crippen molar-refractivity contribution in [3.05, 3.63) is 59.3 Å². The molecule has 0 aliphatic rings. The second-order valence-electron chi connectivity index (χ2n) is 5.80. The summed E-state index contributed by atoms with van der Waals surface area (Å²) >= 11 is 0. The number of ether oxygens (including phenoxy) is 1. The zero-order chi connectivity index (χ0) is 18.7. The second-order valence-corrected chi connectivity index (χ2v) is 5.80. The van der Waals surface area contributed by atoms with Crippen LogP contribution in [0.5, 0.6) is 5.75 Å². The highest BCUT2D eigenvalue weighted by Crippen LogP contribution is 2.19. The summed E-state index contributed by atoms with van der Waals surface area (Å²) in [5.41, 5.74) is 0.820. The molecule has 0 aliphatic carbocycles. The Morgan fingerprint density at radius 1 is 1.42 bits per heavy atom. The molecule has 9 heteroatoms. The van der Waals surface area contributed by atoms with Gasteiger partial charge in [0.15, 0.2) is 11.5 Å². The van der Waals surface area contributed by atoms with Gasteiger partial charge >= 0.3 is 0 Å². The monoisotopic (exact) mass is 359 g/mol. The van der Waals surface area contributed by atoms with Gasteiger partial charge in [0.2, 0.25) is 5.89 Å². The van der Waals surface area contributed by atoms with Crippen LogP contribution in [-0.2, 0) is 6.61 Å². The van der Waals surface area contributed by atoms with E-state index in [0.29, 0.717) is 23.2 Å². The van der Waals surface area contributed by atoms with Crippen molar-refractivity contribution in [2.75, 3.05) is 7.05 Å². The Morgan fingerprint density at radius 3 is 2.92 bits per heavy atom. The average Bonchev–Trinajstić information content (AvgIpc) is 3.27. The third-order valence-electron chi connectivity index (χ3n) is 3.84. The molecule has 0 spiro atoms. The van der Waals surface area contributed by atoms with Crippen LogP contribution in [0.3, 0.4) is 0 Å². The lowest BCUT2D eigenvalue weighted by atomic mass is 10.2. The quantitative estimate of drug-likeness (QED) is 0.727. The van der Waals surface area contributed by atoms with E-state index in [9.17, 15) is 9.18 Å². The minimum Gasteiger partial charge on any atom is -0.487 e. The fourth-order valence-electron chi connectivity index (χ4n) is 2.27. The molecule has 0 radical (unpaired) electrons. The Morgan fingerprint density at radius 2 is 2.23 bits per heavy atom. The Balaban J connectivity index is 1.63. The van der Waals surface area contributed by atoms with Crippen molar-refractivity contribution in [1.82, 2.24) is 25.2 Å². The van der Waals surface area contributed by atoms with Crippen LogP contribution in [0.2, 0.25) is 0 Å². The molecule has 2 aromatic heterocycles. The highest BCUT2D eigenvalue weighted by molar-refractivity contribution is 5.92. The van der Waals surface area contributed by atoms with E-state index >= 15 is 0 Å². The first kappa shape index (κ1) is 17.6. The smallest absolute Gasteiger partial charge is 0.274 e. The van der Waals surface area contributed by atoms with Gasteiger partial charge in [0.1, 0.15) is 24.2 Å². The SMILES string of the molecule is Cc1noc(C(C)N(C)C(=O)c2cc(COc3cccc(F)c3)[nH]n2)n1. The fraction of sp³-hybridized carbons (Fsp3) is 0.294. The first-order valence-corrected chi connectivity index (χ1v) is 7.94. The van der Waals surface area contributed by atoms with Gasteiger partial charge in [0.25, 0.3) is 5.91 Å². The number of carbonyl (C=O) groups is 1. The number of nitrogens with zero attached hydrogens (tertiary/aromatic N) is 4. The van der Waals surface area contributed by atoms with E-state index in [1.807, 2.05) is 0 Å². The van der Waals surface area contributed by atoms with Gasteiger partial charge in [-0.1, -0.05) is 11.2 Å². The number of carbonyl (C=O) groups excluding carboxylic acids is 1. The molecular formula is C17H18FN5O3. The third-order valence-corrected chi connectivity index (χ3v) is 3.84. The summed E-state index contributed by atoms with van der Waals surface area (Å²) in [7, 11) is 1.63. The second kappa shape index (κ2) is 7.34. The van der Waals surface area contributed by atoms with Crippen LogP contribution in [0, 0.1) is 12.7 Å². The van der Waals surface area contributed by atoms with Crippen molar-refractivity contribution in [2.24, 2.45) is 0 Å². The van der Waals surface area contributed by atoms with Crippen molar-refractivity contribution >= 4 is 5.91 Å². The molecule has 1 amide bonds. The molecular weight excluding hydrogens is 341 g/mol. The zero-order valence-corrected chi connectivity index (χ0v) is 14.6. The normalized spacial score (nSPS) is 12.0. The summed E-state index contributed by atoms with van der Waals surface area (Å²) < 4.78 is 23.7. The summed E-state index contributed by atoms with van der Waals surface area (Å²) in [5.74, 6) is 0.564. The summed E-state index contributed by atoms with van der Waals surface area (Å²) in [6, 6.07) is 7.01. The Kier molecular flexibility index (Phi) is 4.97. The maximum absolute atomic E-state index is 13.1. The third kappa shape index (κ3) is 3.88. The van der Waals surface area contributed by atoms with E-state index in [1.54, 1.807) is 39.1 Å². The highest BCUT2D eigenvalue weighted by atomic mass is 19.1. The molecule has 0 aliphatic heterocycles. The predicted molar refractivity (Wildman–Crippen MR) is 88.9 cm³/mol. The van der Waals surface area contributed by atoms with Gasteiger partial charge in [0.05, 0.1) is 5.69 Å². The van der Waals surface area contributed by atoms with E-state index < -0.39 is 6.04 Å². The van der Waals surface area contributed by atoms with Crippen LogP contribution in [0.25, 0.3) is 0 Å². The molecule has 1 N–H and O–H groups in total. The minimum absolute atomic E-state index is 0.131. The number of aryl methyl sites for hydroxylation is 1. The number of halogens is 1. The van der Waals surface area contributed by atoms with Crippen LogP contribution in [-0.4, -0.2) is 38.2 Å². The number of amides is 1. The summed E-state index contributed by atoms with van der Waals surface area (Å²) in [6.07, 6.45) is 0. The maximum atomic E-state index is 13.1. The van der Waals surface area contributed by atoms with Crippen molar-refractivity contribution < 1.29 is 18.4 Å². The van der Waals surface area contributed by atoms with Gasteiger partial charge in [-0.3, -0.25) is 9.89 Å². The lowest BCUT2D eigenvalue weighted by Gasteiger charge is -2.20. The molecule has 0 saturated heterocycles. The van der Waals surface area contributed by atoms with Gasteiger partial charge in [-0.05, 0) is 32.0 Å². The lowest BCUT2D eigenvalue weighted by Crippen LogP contribution is -2.30. The van der Waals surface area contributed by atoms with E-state index in [0.717, 1.165) is 0 Å². The first-order chi connectivity index (χ1) is 12.4. The standard InChI is InChI=1S/C17H18FN5O3/c1-10(16-19-11(2)22-26-16)23(3)17(24)15-8-13(20-21-15)9-25-14-6-4-5-12(18)7-14/h4-8,10H,9H2,1-3H3,(H,20,21). The van der Waals surface area contributed by atoms with E-state index in [2.05, 4.69) is 20.3 Å². The maximum Gasteiger partial charge on any atom is 0.274 e. The largest absolute Gasteiger partial charge is 0.487 e. The van der Waals surface area contributed by atoms with Gasteiger partial charge in [-0.15, -0.1) is 0 Å². The summed E-state index contributed by atoms with van der Waals surface area (Å²) in [4.78, 5) is 18.2. The number of nitrogens with one attached hydrogen (secondary N) is 1. The molecule has 26 heavy (non-hydrogen) atoms. The molecule has 1 unspecified atom stereocenters. The number of aromatic amines is 1. The van der Waals surface area contributed by atoms with Crippen molar-refractivity contribution in [3.8, 4) is 5.75 Å². The highest BCUT2D eigenvalue weighted by Gasteiger charge is 2.25. The fourth-order valence-corrected chi connectivity index (χ4v) is 2.27. The minimum atomic E-state index is -0.396. The summed E-state index contributed by atoms with van der Waals surface area (Å²) in [5, 5.41) is 10.5. The summed E-state index contributed by atoms with van der Waals surface area (Å²) in [6.45, 7) is 3.62. The average molecular weight is 359 g/mol. The van der Waals surface area contributed by atoms with Crippen LogP contribution < -0.4 is 4.74 Å². The van der Waals surface area contributed by atoms with Crippen LogP contribution in [0.1, 0.15) is 40.9 Å². The molecule has 1 atom stereocenters. The number of rotatable bonds is 6. The van der Waals surface area contributed by atoms with Crippen LogP contribution in [0.4, 0.5) is 4.39 Å². The first-order valence-electron chi connectivity index (χ1n) is 7.94. The Bertz CT molecular complexity index is 907. The van der Waals surface area contributed by atoms with Crippen molar-refractivity contribution in [2.45, 2.75) is 26.5 Å². The topological polar surface area (TPSA) is 97.1 Å². The van der Waals surface area contributed by atoms with E-state index in [4.69, 9.17) is 9.26 Å². The van der Waals surface area contributed by atoms with E-state index in [-0.39, 0.29) is 24.0 Å². The molecule has 0 saturated carbocycles. The molecule has 3 aromatic rings. The molecule has 136 valence electrons.